The van der Waals surface area contributed by atoms with E-state index >= 15 is 0 Å². The van der Waals surface area contributed by atoms with E-state index in [1.807, 2.05) is 43.3 Å². The first kappa shape index (κ1) is 15.3. The maximum absolute atomic E-state index is 12.5. The van der Waals surface area contributed by atoms with E-state index in [1.54, 1.807) is 19.1 Å². The maximum Gasteiger partial charge on any atom is 0.277 e. The van der Waals surface area contributed by atoms with E-state index in [4.69, 9.17) is 16.0 Å². The molecule has 2 aromatic carbocycles. The molecule has 4 nitrogen and oxygen atoms in total. The van der Waals surface area contributed by atoms with Crippen molar-refractivity contribution in [3.63, 3.8) is 0 Å². The van der Waals surface area contributed by atoms with Crippen molar-refractivity contribution in [2.45, 2.75) is 13.8 Å². The Morgan fingerprint density at radius 3 is 2.61 bits per heavy atom. The Labute approximate surface area is 139 Å². The van der Waals surface area contributed by atoms with Crippen LogP contribution in [0.5, 0.6) is 0 Å². The van der Waals surface area contributed by atoms with E-state index in [2.05, 4.69) is 10.3 Å². The molecule has 1 amide bonds. The molecule has 23 heavy (non-hydrogen) atoms. The third-order valence-electron chi connectivity index (χ3n) is 3.48. The summed E-state index contributed by atoms with van der Waals surface area (Å²) in [7, 11) is 0. The Morgan fingerprint density at radius 2 is 1.87 bits per heavy atom. The molecule has 1 heterocycles. The zero-order valence-electron chi connectivity index (χ0n) is 12.8. The SMILES string of the molecule is Cc1ccc(Cl)cc1NC(=O)c1nc(-c2ccccc2)oc1C. The van der Waals surface area contributed by atoms with E-state index in [0.29, 0.717) is 22.4 Å². The fourth-order valence-corrected chi connectivity index (χ4v) is 2.39. The maximum atomic E-state index is 12.5. The van der Waals surface area contributed by atoms with Crippen molar-refractivity contribution in [2.24, 2.45) is 0 Å². The van der Waals surface area contributed by atoms with Crippen LogP contribution in [-0.2, 0) is 0 Å². The third kappa shape index (κ3) is 3.27. The summed E-state index contributed by atoms with van der Waals surface area (Å²) in [6.07, 6.45) is 0. The molecule has 0 radical (unpaired) electrons. The highest BCUT2D eigenvalue weighted by Gasteiger charge is 2.18. The Bertz CT molecular complexity index is 857. The number of benzene rings is 2. The molecule has 0 spiro atoms. The number of aryl methyl sites for hydroxylation is 2. The minimum atomic E-state index is -0.321. The molecule has 0 aliphatic heterocycles. The molecular weight excluding hydrogens is 312 g/mol. The molecule has 0 saturated carbocycles. The largest absolute Gasteiger partial charge is 0.441 e. The van der Waals surface area contributed by atoms with Gasteiger partial charge in [0.25, 0.3) is 5.91 Å². The van der Waals surface area contributed by atoms with Gasteiger partial charge in [-0.25, -0.2) is 4.98 Å². The second-order valence-corrected chi connectivity index (χ2v) is 5.64. The van der Waals surface area contributed by atoms with Crippen molar-refractivity contribution in [1.82, 2.24) is 4.98 Å². The van der Waals surface area contributed by atoms with Crippen LogP contribution in [-0.4, -0.2) is 10.9 Å². The predicted molar refractivity (Wildman–Crippen MR) is 90.8 cm³/mol. The fourth-order valence-electron chi connectivity index (χ4n) is 2.22. The van der Waals surface area contributed by atoms with Crippen molar-refractivity contribution in [2.75, 3.05) is 5.32 Å². The van der Waals surface area contributed by atoms with Gasteiger partial charge in [0.05, 0.1) is 0 Å². The Kier molecular flexibility index (Phi) is 4.17. The van der Waals surface area contributed by atoms with Crippen molar-refractivity contribution in [3.8, 4) is 11.5 Å². The average molecular weight is 327 g/mol. The Hall–Kier alpha value is -2.59. The van der Waals surface area contributed by atoms with Crippen LogP contribution in [0.15, 0.2) is 52.9 Å². The van der Waals surface area contributed by atoms with Crippen LogP contribution in [0, 0.1) is 13.8 Å². The van der Waals surface area contributed by atoms with Gasteiger partial charge in [0.2, 0.25) is 5.89 Å². The first-order chi connectivity index (χ1) is 11.0. The van der Waals surface area contributed by atoms with Gasteiger partial charge in [-0.15, -0.1) is 0 Å². The van der Waals surface area contributed by atoms with Crippen LogP contribution in [0.1, 0.15) is 21.8 Å². The van der Waals surface area contributed by atoms with Crippen LogP contribution in [0.2, 0.25) is 5.02 Å². The summed E-state index contributed by atoms with van der Waals surface area (Å²) < 4.78 is 5.62. The lowest BCUT2D eigenvalue weighted by molar-refractivity contribution is 0.102. The van der Waals surface area contributed by atoms with Gasteiger partial charge < -0.3 is 9.73 Å². The number of carbonyl (C=O) groups excluding carboxylic acids is 1. The zero-order valence-corrected chi connectivity index (χ0v) is 13.5. The second-order valence-electron chi connectivity index (χ2n) is 5.20. The number of carbonyl (C=O) groups is 1. The number of hydrogen-bond acceptors (Lipinski definition) is 3. The van der Waals surface area contributed by atoms with E-state index in [0.717, 1.165) is 11.1 Å². The first-order valence-corrected chi connectivity index (χ1v) is 7.53. The summed E-state index contributed by atoms with van der Waals surface area (Å²) in [6, 6.07) is 14.8. The van der Waals surface area contributed by atoms with Crippen LogP contribution < -0.4 is 5.32 Å². The highest BCUT2D eigenvalue weighted by molar-refractivity contribution is 6.31. The topological polar surface area (TPSA) is 55.1 Å². The molecule has 0 bridgehead atoms. The molecule has 116 valence electrons. The highest BCUT2D eigenvalue weighted by Crippen LogP contribution is 2.24. The Balaban J connectivity index is 1.88. The van der Waals surface area contributed by atoms with Gasteiger partial charge in [-0.1, -0.05) is 35.9 Å². The molecule has 0 fully saturated rings. The number of anilines is 1. The normalized spacial score (nSPS) is 10.6. The molecule has 1 N–H and O–H groups in total. The number of hydrogen-bond donors (Lipinski definition) is 1. The zero-order chi connectivity index (χ0) is 16.4. The minimum absolute atomic E-state index is 0.267. The van der Waals surface area contributed by atoms with Crippen LogP contribution in [0.3, 0.4) is 0 Å². The molecule has 1 aromatic heterocycles. The molecule has 0 aliphatic rings. The van der Waals surface area contributed by atoms with Gasteiger partial charge in [0, 0.05) is 16.3 Å². The number of amides is 1. The standard InChI is InChI=1S/C18H15ClN2O2/c1-11-8-9-14(19)10-15(11)20-17(22)16-12(2)23-18(21-16)13-6-4-3-5-7-13/h3-10H,1-2H3,(H,20,22). The number of nitrogens with one attached hydrogen (secondary N) is 1. The average Bonchev–Trinajstić information content (AvgIpc) is 2.94. The minimum Gasteiger partial charge on any atom is -0.441 e. The van der Waals surface area contributed by atoms with Crippen molar-refractivity contribution < 1.29 is 9.21 Å². The van der Waals surface area contributed by atoms with Crippen molar-refractivity contribution >= 4 is 23.2 Å². The van der Waals surface area contributed by atoms with Crippen LogP contribution >= 0.6 is 11.6 Å². The number of rotatable bonds is 3. The van der Waals surface area contributed by atoms with Gasteiger partial charge in [-0.2, -0.15) is 0 Å². The number of nitrogens with zero attached hydrogens (tertiary/aromatic N) is 1. The number of aromatic nitrogens is 1. The van der Waals surface area contributed by atoms with Crippen molar-refractivity contribution in [1.29, 1.82) is 0 Å². The third-order valence-corrected chi connectivity index (χ3v) is 3.72. The monoisotopic (exact) mass is 326 g/mol. The smallest absolute Gasteiger partial charge is 0.277 e. The molecule has 3 rings (SSSR count). The van der Waals surface area contributed by atoms with E-state index in [1.165, 1.54) is 0 Å². The van der Waals surface area contributed by atoms with Crippen molar-refractivity contribution in [3.05, 3.63) is 70.6 Å². The molecule has 0 saturated heterocycles. The highest BCUT2D eigenvalue weighted by atomic mass is 35.5. The number of oxazole rings is 1. The lowest BCUT2D eigenvalue weighted by atomic mass is 10.2. The van der Waals surface area contributed by atoms with Crippen LogP contribution in [0.25, 0.3) is 11.5 Å². The van der Waals surface area contributed by atoms with E-state index < -0.39 is 0 Å². The van der Waals surface area contributed by atoms with E-state index in [9.17, 15) is 4.79 Å². The predicted octanol–water partition coefficient (Wildman–Crippen LogP) is 4.86. The van der Waals surface area contributed by atoms with Gasteiger partial charge in [-0.3, -0.25) is 4.79 Å². The fraction of sp³-hybridized carbons (Fsp3) is 0.111. The van der Waals surface area contributed by atoms with E-state index in [-0.39, 0.29) is 11.6 Å². The molecule has 0 atom stereocenters. The summed E-state index contributed by atoms with van der Waals surface area (Å²) >= 11 is 5.98. The molecule has 0 aliphatic carbocycles. The lowest BCUT2D eigenvalue weighted by Crippen LogP contribution is -2.14. The van der Waals surface area contributed by atoms with Gasteiger partial charge in [0.15, 0.2) is 5.69 Å². The summed E-state index contributed by atoms with van der Waals surface area (Å²) in [5.74, 6) is 0.580. The summed E-state index contributed by atoms with van der Waals surface area (Å²) in [5.41, 5.74) is 2.68. The second kappa shape index (κ2) is 6.26. The summed E-state index contributed by atoms with van der Waals surface area (Å²) in [6.45, 7) is 3.62. The molecule has 3 aromatic rings. The summed E-state index contributed by atoms with van der Waals surface area (Å²) in [4.78, 5) is 16.8. The summed E-state index contributed by atoms with van der Waals surface area (Å²) in [5, 5.41) is 3.39. The quantitative estimate of drug-likeness (QED) is 0.747. The van der Waals surface area contributed by atoms with Gasteiger partial charge in [-0.05, 0) is 43.7 Å². The first-order valence-electron chi connectivity index (χ1n) is 7.15. The lowest BCUT2D eigenvalue weighted by Gasteiger charge is -2.07. The Morgan fingerprint density at radius 1 is 1.13 bits per heavy atom. The molecular formula is C18H15ClN2O2. The van der Waals surface area contributed by atoms with Crippen LogP contribution in [0.4, 0.5) is 5.69 Å². The van der Waals surface area contributed by atoms with Gasteiger partial charge in [0.1, 0.15) is 5.76 Å². The number of halogens is 1. The molecule has 5 heteroatoms. The van der Waals surface area contributed by atoms with Gasteiger partial charge >= 0.3 is 0 Å². The molecule has 0 unspecified atom stereocenters.